The molecule has 0 spiro atoms. The van der Waals surface area contributed by atoms with E-state index >= 15 is 0 Å². The largest absolute Gasteiger partial charge is 0.411 e. The minimum atomic E-state index is 0.601. The molecule has 10 heteroatoms. The van der Waals surface area contributed by atoms with Gasteiger partial charge >= 0.3 is 0 Å². The lowest BCUT2D eigenvalue weighted by atomic mass is 10.2. The Morgan fingerprint density at radius 2 is 1.22 bits per heavy atom. The first kappa shape index (κ1) is 27.2. The second kappa shape index (κ2) is 14.2. The molecule has 3 heterocycles. The molecule has 0 aliphatic carbocycles. The van der Waals surface area contributed by atoms with Crippen LogP contribution in [-0.4, -0.2) is 32.7 Å². The second-order valence-corrected chi connectivity index (χ2v) is 7.77. The van der Waals surface area contributed by atoms with Crippen molar-refractivity contribution in [3.8, 4) is 0 Å². The van der Waals surface area contributed by atoms with Gasteiger partial charge in [0.1, 0.15) is 0 Å². The molecule has 0 unspecified atom stereocenters. The normalized spacial score (nSPS) is 10.4. The zero-order valence-corrected chi connectivity index (χ0v) is 20.5. The maximum atomic E-state index is 10.5. The highest BCUT2D eigenvalue weighted by atomic mass is 35.5. The lowest BCUT2D eigenvalue weighted by Gasteiger charge is -1.90. The summed E-state index contributed by atoms with van der Waals surface area (Å²) in [5, 5.41) is 14.6. The molecule has 6 rings (SSSR count). The quantitative estimate of drug-likeness (QED) is 0.0775. The first-order valence-corrected chi connectivity index (χ1v) is 11.4. The summed E-state index contributed by atoms with van der Waals surface area (Å²) in [5.74, 6) is 4.11. The molecule has 0 aliphatic rings. The summed E-state index contributed by atoms with van der Waals surface area (Å²) in [6, 6.07) is 23.8. The van der Waals surface area contributed by atoms with Crippen molar-refractivity contribution in [1.82, 2.24) is 15.0 Å². The number of hydrogen-bond acceptors (Lipinski definition) is 6. The molecule has 0 saturated carbocycles. The molecular formula is C27H27ClN6O3. The first-order chi connectivity index (χ1) is 18.2. The first-order valence-electron chi connectivity index (χ1n) is 11.1. The minimum Gasteiger partial charge on any atom is -0.411 e. The van der Waals surface area contributed by atoms with E-state index < -0.39 is 0 Å². The van der Waals surface area contributed by atoms with E-state index in [-0.39, 0.29) is 0 Å². The van der Waals surface area contributed by atoms with Gasteiger partial charge in [-0.2, -0.15) is 10.3 Å². The molecule has 9 nitrogen and oxygen atoms in total. The highest BCUT2D eigenvalue weighted by Crippen LogP contribution is 2.17. The van der Waals surface area contributed by atoms with Crippen molar-refractivity contribution in [2.24, 2.45) is 16.8 Å². The summed E-state index contributed by atoms with van der Waals surface area (Å²) >= 11 is 4.28. The van der Waals surface area contributed by atoms with Crippen LogP contribution in [0.15, 0.2) is 96.5 Å². The number of nitrogens with two attached hydrogens (primary N) is 2. The molecule has 6 aromatic rings. The second-order valence-electron chi connectivity index (χ2n) is 7.59. The number of benzene rings is 3. The van der Waals surface area contributed by atoms with Crippen molar-refractivity contribution in [3.63, 3.8) is 0 Å². The van der Waals surface area contributed by atoms with Crippen LogP contribution in [0.3, 0.4) is 0 Å². The molecule has 37 heavy (non-hydrogen) atoms. The summed E-state index contributed by atoms with van der Waals surface area (Å²) in [4.78, 5) is 19.7. The van der Waals surface area contributed by atoms with Crippen LogP contribution in [0.4, 0.5) is 0 Å². The van der Waals surface area contributed by atoms with Gasteiger partial charge in [0.2, 0.25) is 0 Å². The molecule has 3 aromatic heterocycles. The molecule has 0 atom stereocenters. The number of carbonyl (C=O) groups is 1. The standard InChI is InChI=1S/C9H8N2O.C9H10N2.C9H7NO.ClH2NO/c12-11-6-7-5-10-9-4-2-1-3-8(7)9;10-5-7-6-11-9-4-2-1-3-8(7)9;11-6-7-5-10-9-4-2-1-3-8(7)9;1-3-2/h1-6,10,12H;1-4,6,11H,5,10H2;1-6,10H;2H2/b11-6+;;;. The Labute approximate surface area is 217 Å². The third kappa shape index (κ3) is 7.06. The summed E-state index contributed by atoms with van der Waals surface area (Å²) in [6.45, 7) is 0.601. The van der Waals surface area contributed by atoms with Gasteiger partial charge in [-0.1, -0.05) is 59.8 Å². The van der Waals surface area contributed by atoms with Crippen LogP contribution in [0.5, 0.6) is 0 Å². The SMILES string of the molecule is NCc1c[nH]c2ccccc12.NOCl.O/N=C/c1c[nH]c2ccccc12.O=Cc1c[nH]c2ccccc12. The molecule has 190 valence electrons. The van der Waals surface area contributed by atoms with Crippen LogP contribution in [-0.2, 0) is 10.9 Å². The Bertz CT molecular complexity index is 1570. The lowest BCUT2D eigenvalue weighted by molar-refractivity contribution is 0.112. The summed E-state index contributed by atoms with van der Waals surface area (Å²) in [7, 11) is 0. The molecule has 0 aliphatic heterocycles. The van der Waals surface area contributed by atoms with Gasteiger partial charge in [-0.3, -0.25) is 4.79 Å². The van der Waals surface area contributed by atoms with Crippen LogP contribution in [0.1, 0.15) is 21.5 Å². The third-order valence-corrected chi connectivity index (χ3v) is 5.46. The van der Waals surface area contributed by atoms with E-state index in [0.29, 0.717) is 6.54 Å². The van der Waals surface area contributed by atoms with Crippen LogP contribution in [0.25, 0.3) is 32.7 Å². The number of rotatable bonds is 3. The van der Waals surface area contributed by atoms with Gasteiger partial charge in [-0.05, 0) is 23.8 Å². The van der Waals surface area contributed by atoms with Crippen molar-refractivity contribution < 1.29 is 14.4 Å². The predicted octanol–water partition coefficient (Wildman–Crippen LogP) is 5.61. The van der Waals surface area contributed by atoms with Crippen LogP contribution in [0, 0.1) is 0 Å². The Kier molecular flexibility index (Phi) is 10.4. The zero-order chi connectivity index (χ0) is 26.5. The van der Waals surface area contributed by atoms with Gasteiger partial charge in [0, 0.05) is 69.0 Å². The number of aromatic amines is 3. The van der Waals surface area contributed by atoms with E-state index in [1.54, 1.807) is 6.20 Å². The van der Waals surface area contributed by atoms with E-state index in [4.69, 9.17) is 10.9 Å². The van der Waals surface area contributed by atoms with Gasteiger partial charge < -0.3 is 25.9 Å². The van der Waals surface area contributed by atoms with Gasteiger partial charge in [-0.25, -0.2) is 0 Å². The van der Waals surface area contributed by atoms with Crippen molar-refractivity contribution >= 4 is 57.1 Å². The fourth-order valence-electron chi connectivity index (χ4n) is 3.75. The molecule has 0 bridgehead atoms. The smallest absolute Gasteiger partial charge is 0.152 e. The molecule has 0 fully saturated rings. The highest BCUT2D eigenvalue weighted by Gasteiger charge is 2.00. The van der Waals surface area contributed by atoms with Gasteiger partial charge in [0.05, 0.1) is 18.1 Å². The van der Waals surface area contributed by atoms with Crippen LogP contribution in [0.2, 0.25) is 0 Å². The van der Waals surface area contributed by atoms with Crippen molar-refractivity contribution in [2.45, 2.75) is 6.54 Å². The zero-order valence-electron chi connectivity index (χ0n) is 19.8. The van der Waals surface area contributed by atoms with E-state index in [1.165, 1.54) is 17.2 Å². The van der Waals surface area contributed by atoms with E-state index in [1.807, 2.05) is 73.1 Å². The van der Waals surface area contributed by atoms with Gasteiger partial charge in [-0.15, -0.1) is 0 Å². The lowest BCUT2D eigenvalue weighted by Crippen LogP contribution is -1.93. The number of fused-ring (bicyclic) bond motifs is 3. The Hall–Kier alpha value is -4.41. The Morgan fingerprint density at radius 3 is 1.73 bits per heavy atom. The van der Waals surface area contributed by atoms with Crippen molar-refractivity contribution in [3.05, 3.63) is 108 Å². The minimum absolute atomic E-state index is 0.601. The molecule has 0 amide bonds. The van der Waals surface area contributed by atoms with Gasteiger partial charge in [0.15, 0.2) is 6.29 Å². The number of halogens is 1. The summed E-state index contributed by atoms with van der Waals surface area (Å²) in [5.41, 5.74) is 11.6. The molecular weight excluding hydrogens is 492 g/mol. The third-order valence-electron chi connectivity index (χ3n) is 5.46. The Morgan fingerprint density at radius 1 is 0.784 bits per heavy atom. The average Bonchev–Trinajstić information content (AvgIpc) is 3.67. The van der Waals surface area contributed by atoms with Gasteiger partial charge in [0.25, 0.3) is 0 Å². The summed E-state index contributed by atoms with van der Waals surface area (Å²) < 4.78 is 3.22. The van der Waals surface area contributed by atoms with E-state index in [0.717, 1.165) is 44.7 Å². The van der Waals surface area contributed by atoms with E-state index in [9.17, 15) is 4.79 Å². The fourth-order valence-corrected chi connectivity index (χ4v) is 3.75. The molecule has 3 aromatic carbocycles. The number of hydrogen-bond donors (Lipinski definition) is 6. The highest BCUT2D eigenvalue weighted by molar-refractivity contribution is 6.07. The van der Waals surface area contributed by atoms with Crippen molar-refractivity contribution in [2.75, 3.05) is 0 Å². The predicted molar refractivity (Wildman–Crippen MR) is 149 cm³/mol. The number of H-pyrrole nitrogens is 3. The Balaban J connectivity index is 0.000000146. The monoisotopic (exact) mass is 518 g/mol. The number of oxime groups is 1. The molecule has 8 N–H and O–H groups in total. The molecule has 0 saturated heterocycles. The van der Waals surface area contributed by atoms with Crippen LogP contribution >= 0.6 is 11.9 Å². The number of nitrogens with zero attached hydrogens (tertiary/aromatic N) is 1. The van der Waals surface area contributed by atoms with Crippen molar-refractivity contribution in [1.29, 1.82) is 0 Å². The molecule has 0 radical (unpaired) electrons. The number of aldehydes is 1. The summed E-state index contributed by atoms with van der Waals surface area (Å²) in [6.07, 6.45) is 7.77. The van der Waals surface area contributed by atoms with E-state index in [2.05, 4.69) is 54.4 Å². The average molecular weight is 519 g/mol. The number of nitrogens with one attached hydrogen (secondary N) is 3. The maximum absolute atomic E-state index is 10.5. The number of aromatic nitrogens is 3. The number of carbonyl (C=O) groups excluding carboxylic acids is 1. The number of para-hydroxylation sites is 3. The van der Waals surface area contributed by atoms with Crippen LogP contribution < -0.4 is 11.6 Å². The fraction of sp³-hybridized carbons (Fsp3) is 0.0370. The maximum Gasteiger partial charge on any atom is 0.152 e. The topological polar surface area (TPSA) is 158 Å².